The number of ketones is 1. The van der Waals surface area contributed by atoms with E-state index < -0.39 is 0 Å². The van der Waals surface area contributed by atoms with Crippen LogP contribution in [-0.2, 0) is 6.42 Å². The van der Waals surface area contributed by atoms with E-state index in [0.29, 0.717) is 16.3 Å². The van der Waals surface area contributed by atoms with Crippen molar-refractivity contribution in [3.63, 3.8) is 0 Å². The van der Waals surface area contributed by atoms with E-state index in [9.17, 15) is 4.79 Å². The Hall–Kier alpha value is -1.45. The van der Waals surface area contributed by atoms with Crippen molar-refractivity contribution < 1.29 is 13.9 Å². The molecule has 0 aliphatic heterocycles. The van der Waals surface area contributed by atoms with Crippen molar-refractivity contribution in [2.45, 2.75) is 13.3 Å². The van der Waals surface area contributed by atoms with Crippen LogP contribution in [-0.4, -0.2) is 12.9 Å². The zero-order valence-electron chi connectivity index (χ0n) is 10.5. The zero-order chi connectivity index (χ0) is 14.0. The van der Waals surface area contributed by atoms with Gasteiger partial charge in [0.1, 0.15) is 11.5 Å². The molecule has 1 aromatic heterocycles. The molecule has 3 nitrogen and oxygen atoms in total. The third kappa shape index (κ3) is 2.77. The number of ether oxygens (including phenoxy) is 1. The summed E-state index contributed by atoms with van der Waals surface area (Å²) < 4.78 is 10.5. The van der Waals surface area contributed by atoms with E-state index in [0.717, 1.165) is 12.2 Å². The van der Waals surface area contributed by atoms with Crippen LogP contribution in [0.5, 0.6) is 5.75 Å². The molecule has 0 atom stereocenters. The average molecular weight is 299 g/mol. The van der Waals surface area contributed by atoms with Crippen LogP contribution in [0.3, 0.4) is 0 Å². The molecule has 0 bridgehead atoms. The van der Waals surface area contributed by atoms with Gasteiger partial charge in [0.25, 0.3) is 0 Å². The van der Waals surface area contributed by atoms with Gasteiger partial charge < -0.3 is 9.15 Å². The van der Waals surface area contributed by atoms with E-state index in [4.69, 9.17) is 32.4 Å². The summed E-state index contributed by atoms with van der Waals surface area (Å²) in [5.41, 5.74) is 0.296. The zero-order valence-corrected chi connectivity index (χ0v) is 12.0. The van der Waals surface area contributed by atoms with Gasteiger partial charge in [0.05, 0.1) is 17.2 Å². The fraction of sp³-hybridized carbons (Fsp3) is 0.214. The molecule has 0 fully saturated rings. The SMILES string of the molecule is CCc1ccc(C(=O)c2cc(Cl)c(OC)cc2Cl)o1. The third-order valence-corrected chi connectivity index (χ3v) is 3.33. The fourth-order valence-electron chi connectivity index (χ4n) is 1.68. The molecule has 19 heavy (non-hydrogen) atoms. The van der Waals surface area contributed by atoms with E-state index in [-0.39, 0.29) is 16.6 Å². The van der Waals surface area contributed by atoms with Crippen molar-refractivity contribution in [3.05, 3.63) is 51.4 Å². The molecule has 2 rings (SSSR count). The molecule has 0 aliphatic rings. The highest BCUT2D eigenvalue weighted by molar-refractivity contribution is 6.37. The van der Waals surface area contributed by atoms with Crippen LogP contribution in [0.4, 0.5) is 0 Å². The van der Waals surface area contributed by atoms with Crippen LogP contribution in [0.2, 0.25) is 10.0 Å². The minimum absolute atomic E-state index is 0.250. The summed E-state index contributed by atoms with van der Waals surface area (Å²) in [5.74, 6) is 1.13. The van der Waals surface area contributed by atoms with Gasteiger partial charge in [-0.1, -0.05) is 30.1 Å². The van der Waals surface area contributed by atoms with E-state index in [1.54, 1.807) is 12.1 Å². The second-order valence-corrected chi connectivity index (χ2v) is 4.73. The molecule has 5 heteroatoms. The first-order valence-corrected chi connectivity index (χ1v) is 6.48. The summed E-state index contributed by atoms with van der Waals surface area (Å²) in [4.78, 5) is 12.3. The van der Waals surface area contributed by atoms with Gasteiger partial charge in [0.2, 0.25) is 5.78 Å². The predicted molar refractivity (Wildman–Crippen MR) is 74.5 cm³/mol. The summed E-state index contributed by atoms with van der Waals surface area (Å²) >= 11 is 12.1. The van der Waals surface area contributed by atoms with Gasteiger partial charge in [0, 0.05) is 18.1 Å². The number of carbonyl (C=O) groups is 1. The maximum atomic E-state index is 12.3. The largest absolute Gasteiger partial charge is 0.495 e. The second kappa shape index (κ2) is 5.68. The number of hydrogen-bond donors (Lipinski definition) is 0. The maximum absolute atomic E-state index is 12.3. The first-order valence-electron chi connectivity index (χ1n) is 5.73. The minimum atomic E-state index is -0.297. The number of hydrogen-bond acceptors (Lipinski definition) is 3. The standard InChI is InChI=1S/C14H12Cl2O3/c1-3-8-4-5-12(19-8)14(17)9-6-11(16)13(18-2)7-10(9)15/h4-7H,3H2,1-2H3. The summed E-state index contributed by atoms with van der Waals surface area (Å²) in [5, 5.41) is 0.609. The molecule has 0 aliphatic carbocycles. The normalized spacial score (nSPS) is 10.5. The van der Waals surface area contributed by atoms with E-state index in [1.807, 2.05) is 6.92 Å². The Bertz CT molecular complexity index is 617. The number of methoxy groups -OCH3 is 1. The Kier molecular flexibility index (Phi) is 4.17. The highest BCUT2D eigenvalue weighted by atomic mass is 35.5. The molecule has 0 radical (unpaired) electrons. The second-order valence-electron chi connectivity index (χ2n) is 3.92. The number of halogens is 2. The Morgan fingerprint density at radius 3 is 2.58 bits per heavy atom. The lowest BCUT2D eigenvalue weighted by Crippen LogP contribution is -2.01. The molecular weight excluding hydrogens is 287 g/mol. The Morgan fingerprint density at radius 2 is 2.00 bits per heavy atom. The van der Waals surface area contributed by atoms with Crippen LogP contribution in [0, 0.1) is 0 Å². The monoisotopic (exact) mass is 298 g/mol. The van der Waals surface area contributed by atoms with E-state index >= 15 is 0 Å². The van der Waals surface area contributed by atoms with Crippen LogP contribution in [0.15, 0.2) is 28.7 Å². The van der Waals surface area contributed by atoms with Crippen molar-refractivity contribution in [2.24, 2.45) is 0 Å². The molecule has 0 saturated carbocycles. The first-order chi connectivity index (χ1) is 9.06. The molecule has 1 aromatic carbocycles. The van der Waals surface area contributed by atoms with E-state index in [2.05, 4.69) is 0 Å². The molecular formula is C14H12Cl2O3. The minimum Gasteiger partial charge on any atom is -0.495 e. The lowest BCUT2D eigenvalue weighted by atomic mass is 10.1. The van der Waals surface area contributed by atoms with Crippen LogP contribution >= 0.6 is 23.2 Å². The Labute approximate surface area is 121 Å². The van der Waals surface area contributed by atoms with Gasteiger partial charge in [-0.25, -0.2) is 0 Å². The predicted octanol–water partition coefficient (Wildman–Crippen LogP) is 4.39. The number of furan rings is 1. The van der Waals surface area contributed by atoms with Crippen molar-refractivity contribution in [2.75, 3.05) is 7.11 Å². The Morgan fingerprint density at radius 1 is 1.26 bits per heavy atom. The first kappa shape index (κ1) is 14.0. The topological polar surface area (TPSA) is 39.4 Å². The maximum Gasteiger partial charge on any atom is 0.229 e. The lowest BCUT2D eigenvalue weighted by Gasteiger charge is -2.07. The molecule has 2 aromatic rings. The van der Waals surface area contributed by atoms with Gasteiger partial charge in [-0.15, -0.1) is 0 Å². The third-order valence-electron chi connectivity index (χ3n) is 2.72. The molecule has 0 saturated heterocycles. The molecule has 1 heterocycles. The van der Waals surface area contributed by atoms with Gasteiger partial charge in [-0.3, -0.25) is 4.79 Å². The Balaban J connectivity index is 2.41. The number of rotatable bonds is 4. The summed E-state index contributed by atoms with van der Waals surface area (Å²) in [7, 11) is 1.49. The highest BCUT2D eigenvalue weighted by Crippen LogP contribution is 2.32. The van der Waals surface area contributed by atoms with Crippen LogP contribution in [0.25, 0.3) is 0 Å². The van der Waals surface area contributed by atoms with Gasteiger partial charge >= 0.3 is 0 Å². The van der Waals surface area contributed by atoms with Crippen LogP contribution < -0.4 is 4.74 Å². The molecule has 0 unspecified atom stereocenters. The van der Waals surface area contributed by atoms with Crippen LogP contribution in [0.1, 0.15) is 28.8 Å². The molecule has 100 valence electrons. The lowest BCUT2D eigenvalue weighted by molar-refractivity contribution is 0.101. The summed E-state index contributed by atoms with van der Waals surface area (Å²) in [6, 6.07) is 6.40. The van der Waals surface area contributed by atoms with Crippen molar-refractivity contribution in [3.8, 4) is 5.75 Å². The fourth-order valence-corrected chi connectivity index (χ4v) is 2.16. The highest BCUT2D eigenvalue weighted by Gasteiger charge is 2.19. The molecule has 0 N–H and O–H groups in total. The van der Waals surface area contributed by atoms with Gasteiger partial charge in [-0.2, -0.15) is 0 Å². The summed E-state index contributed by atoms with van der Waals surface area (Å²) in [6.45, 7) is 1.95. The number of aryl methyl sites for hydroxylation is 1. The summed E-state index contributed by atoms with van der Waals surface area (Å²) in [6.07, 6.45) is 0.727. The van der Waals surface area contributed by atoms with Gasteiger partial charge in [-0.05, 0) is 18.2 Å². The van der Waals surface area contributed by atoms with Crippen molar-refractivity contribution >= 4 is 29.0 Å². The quantitative estimate of drug-likeness (QED) is 0.786. The number of benzene rings is 1. The average Bonchev–Trinajstić information content (AvgIpc) is 2.89. The smallest absolute Gasteiger partial charge is 0.229 e. The molecule has 0 amide bonds. The number of carbonyl (C=O) groups excluding carboxylic acids is 1. The van der Waals surface area contributed by atoms with Crippen molar-refractivity contribution in [1.82, 2.24) is 0 Å². The van der Waals surface area contributed by atoms with E-state index in [1.165, 1.54) is 19.2 Å². The van der Waals surface area contributed by atoms with Gasteiger partial charge in [0.15, 0.2) is 5.76 Å². The molecule has 0 spiro atoms. The van der Waals surface area contributed by atoms with Crippen molar-refractivity contribution in [1.29, 1.82) is 0 Å².